The van der Waals surface area contributed by atoms with Gasteiger partial charge in [0.05, 0.1) is 6.54 Å². The molecule has 16 heavy (non-hydrogen) atoms. The van der Waals surface area contributed by atoms with Crippen molar-refractivity contribution >= 4 is 11.3 Å². The van der Waals surface area contributed by atoms with E-state index in [1.165, 1.54) is 16.1 Å². The Morgan fingerprint density at radius 1 is 1.25 bits per heavy atom. The van der Waals surface area contributed by atoms with Crippen molar-refractivity contribution in [1.82, 2.24) is 4.57 Å². The molecule has 1 aromatic heterocycles. The first-order chi connectivity index (χ1) is 7.72. The number of rotatable bonds is 2. The molecule has 3 nitrogen and oxygen atoms in total. The molecule has 84 valence electrons. The van der Waals surface area contributed by atoms with Gasteiger partial charge in [-0.1, -0.05) is 30.3 Å². The maximum Gasteiger partial charge on any atom is 0.208 e. The highest BCUT2D eigenvalue weighted by Crippen LogP contribution is 2.11. The number of hydrogen-bond acceptors (Lipinski definition) is 3. The van der Waals surface area contributed by atoms with Crippen molar-refractivity contribution in [3.05, 3.63) is 51.3 Å². The molecule has 2 rings (SSSR count). The van der Waals surface area contributed by atoms with E-state index in [0.717, 1.165) is 11.3 Å². The van der Waals surface area contributed by atoms with Crippen LogP contribution in [0.15, 0.2) is 35.4 Å². The van der Waals surface area contributed by atoms with Gasteiger partial charge in [-0.05, 0) is 19.4 Å². The average Bonchev–Trinajstić information content (AvgIpc) is 2.58. The first kappa shape index (κ1) is 11.0. The normalized spacial score (nSPS) is 12.0. The van der Waals surface area contributed by atoms with Crippen LogP contribution in [0.2, 0.25) is 0 Å². The van der Waals surface area contributed by atoms with Crippen molar-refractivity contribution < 1.29 is 0 Å². The van der Waals surface area contributed by atoms with Gasteiger partial charge in [0.1, 0.15) is 0 Å². The third kappa shape index (κ3) is 2.02. The number of hydrogen-bond donors (Lipinski definition) is 1. The third-order valence-electron chi connectivity index (χ3n) is 2.68. The van der Waals surface area contributed by atoms with Gasteiger partial charge < -0.3 is 10.4 Å². The van der Waals surface area contributed by atoms with E-state index >= 15 is 0 Å². The highest BCUT2D eigenvalue weighted by molar-refractivity contribution is 7.09. The van der Waals surface area contributed by atoms with Crippen LogP contribution in [0.3, 0.4) is 0 Å². The molecule has 0 aliphatic carbocycles. The van der Waals surface area contributed by atoms with E-state index in [2.05, 4.69) is 35.6 Å². The highest BCUT2D eigenvalue weighted by atomic mass is 32.1. The summed E-state index contributed by atoms with van der Waals surface area (Å²) in [4.78, 5) is 2.14. The van der Waals surface area contributed by atoms with Gasteiger partial charge in [0.25, 0.3) is 0 Å². The van der Waals surface area contributed by atoms with Gasteiger partial charge in [-0.2, -0.15) is 5.10 Å². The molecule has 0 aliphatic rings. The fraction of sp³-hybridized carbons (Fsp3) is 0.250. The van der Waals surface area contributed by atoms with Gasteiger partial charge in [0, 0.05) is 10.6 Å². The zero-order chi connectivity index (χ0) is 11.5. The number of benzene rings is 1. The van der Waals surface area contributed by atoms with Gasteiger partial charge in [-0.25, -0.2) is 0 Å². The van der Waals surface area contributed by atoms with E-state index in [-0.39, 0.29) is 0 Å². The fourth-order valence-corrected chi connectivity index (χ4v) is 2.54. The Bertz CT molecular complexity index is 537. The topological polar surface area (TPSA) is 43.3 Å². The Balaban J connectivity index is 2.42. The largest absolute Gasteiger partial charge is 0.320 e. The summed E-state index contributed by atoms with van der Waals surface area (Å²) in [5, 5.41) is 3.83. The number of aryl methyl sites for hydroxylation is 1. The lowest BCUT2D eigenvalue weighted by atomic mass is 10.2. The third-order valence-corrected chi connectivity index (χ3v) is 3.79. The lowest BCUT2D eigenvalue weighted by Gasteiger charge is -2.05. The number of nitrogens with zero attached hydrogens (tertiary/aromatic N) is 2. The standard InChI is InChI=1S/C12H15N3S/c1-9-10(2)16-12(14-13)15(9)8-11-6-4-3-5-7-11/h3-7H,8,13H2,1-2H3. The quantitative estimate of drug-likeness (QED) is 0.625. The zero-order valence-corrected chi connectivity index (χ0v) is 10.3. The maximum atomic E-state index is 5.40. The first-order valence-corrected chi connectivity index (χ1v) is 5.98. The second kappa shape index (κ2) is 4.53. The number of nitrogens with two attached hydrogens (primary N) is 1. The number of aromatic nitrogens is 1. The summed E-state index contributed by atoms with van der Waals surface area (Å²) in [7, 11) is 0. The Kier molecular flexibility index (Phi) is 3.10. The summed E-state index contributed by atoms with van der Waals surface area (Å²) in [5.41, 5.74) is 2.50. The average molecular weight is 233 g/mol. The monoisotopic (exact) mass is 233 g/mol. The molecule has 0 spiro atoms. The van der Waals surface area contributed by atoms with Crippen LogP contribution in [-0.4, -0.2) is 4.57 Å². The van der Waals surface area contributed by atoms with Gasteiger partial charge in [-0.3, -0.25) is 0 Å². The number of thiazole rings is 1. The SMILES string of the molecule is Cc1sc(=NN)n(Cc2ccccc2)c1C. The van der Waals surface area contributed by atoms with Crippen LogP contribution in [0.4, 0.5) is 0 Å². The Hall–Kier alpha value is -1.55. The van der Waals surface area contributed by atoms with Crippen LogP contribution in [0, 0.1) is 13.8 Å². The molecule has 1 aromatic carbocycles. The highest BCUT2D eigenvalue weighted by Gasteiger charge is 2.06. The molecule has 2 aromatic rings. The van der Waals surface area contributed by atoms with Crippen LogP contribution in [-0.2, 0) is 6.54 Å². The van der Waals surface area contributed by atoms with Crippen molar-refractivity contribution in [2.45, 2.75) is 20.4 Å². The van der Waals surface area contributed by atoms with E-state index in [4.69, 9.17) is 5.84 Å². The fourth-order valence-electron chi connectivity index (χ4n) is 1.65. The van der Waals surface area contributed by atoms with Gasteiger partial charge in [-0.15, -0.1) is 11.3 Å². The van der Waals surface area contributed by atoms with Gasteiger partial charge in [0.2, 0.25) is 4.80 Å². The second-order valence-corrected chi connectivity index (χ2v) is 4.91. The van der Waals surface area contributed by atoms with Crippen LogP contribution in [0.5, 0.6) is 0 Å². The van der Waals surface area contributed by atoms with E-state index < -0.39 is 0 Å². The van der Waals surface area contributed by atoms with Crippen molar-refractivity contribution in [3.63, 3.8) is 0 Å². The molecule has 0 amide bonds. The summed E-state index contributed by atoms with van der Waals surface area (Å²) >= 11 is 1.63. The van der Waals surface area contributed by atoms with E-state index in [1.807, 2.05) is 18.2 Å². The Morgan fingerprint density at radius 2 is 1.94 bits per heavy atom. The summed E-state index contributed by atoms with van der Waals surface area (Å²) < 4.78 is 2.15. The molecule has 0 saturated carbocycles. The molecule has 0 bridgehead atoms. The van der Waals surface area contributed by atoms with Crippen LogP contribution >= 0.6 is 11.3 Å². The lowest BCUT2D eigenvalue weighted by Crippen LogP contribution is -2.18. The molecule has 0 unspecified atom stereocenters. The van der Waals surface area contributed by atoms with Crippen LogP contribution in [0.25, 0.3) is 0 Å². The zero-order valence-electron chi connectivity index (χ0n) is 9.47. The van der Waals surface area contributed by atoms with Crippen molar-refractivity contribution in [1.29, 1.82) is 0 Å². The second-order valence-electron chi connectivity index (χ2n) is 3.73. The molecule has 0 fully saturated rings. The minimum atomic E-state index is 0.826. The Labute approximate surface area is 98.9 Å². The summed E-state index contributed by atoms with van der Waals surface area (Å²) in [6.45, 7) is 5.02. The van der Waals surface area contributed by atoms with Crippen LogP contribution in [0.1, 0.15) is 16.1 Å². The smallest absolute Gasteiger partial charge is 0.208 e. The minimum absolute atomic E-state index is 0.826. The first-order valence-electron chi connectivity index (χ1n) is 5.17. The molecular weight excluding hydrogens is 218 g/mol. The molecular formula is C12H15N3S. The van der Waals surface area contributed by atoms with Crippen molar-refractivity contribution in [3.8, 4) is 0 Å². The minimum Gasteiger partial charge on any atom is -0.320 e. The van der Waals surface area contributed by atoms with Gasteiger partial charge in [0.15, 0.2) is 0 Å². The maximum absolute atomic E-state index is 5.40. The predicted octanol–water partition coefficient (Wildman–Crippen LogP) is 1.99. The molecule has 4 heteroatoms. The van der Waals surface area contributed by atoms with Crippen LogP contribution < -0.4 is 10.6 Å². The molecule has 2 N–H and O–H groups in total. The molecule has 1 heterocycles. The molecule has 0 aliphatic heterocycles. The molecule has 0 saturated heterocycles. The van der Waals surface area contributed by atoms with Crippen molar-refractivity contribution in [2.75, 3.05) is 0 Å². The predicted molar refractivity (Wildman–Crippen MR) is 67.1 cm³/mol. The summed E-state index contributed by atoms with van der Waals surface area (Å²) in [6, 6.07) is 10.3. The van der Waals surface area contributed by atoms with E-state index in [9.17, 15) is 0 Å². The molecule has 0 atom stereocenters. The summed E-state index contributed by atoms with van der Waals surface area (Å²) in [5.74, 6) is 5.40. The summed E-state index contributed by atoms with van der Waals surface area (Å²) in [6.07, 6.45) is 0. The van der Waals surface area contributed by atoms with E-state index in [1.54, 1.807) is 11.3 Å². The van der Waals surface area contributed by atoms with Gasteiger partial charge >= 0.3 is 0 Å². The van der Waals surface area contributed by atoms with E-state index in [0.29, 0.717) is 0 Å². The van der Waals surface area contributed by atoms with Crippen molar-refractivity contribution in [2.24, 2.45) is 10.9 Å². The lowest BCUT2D eigenvalue weighted by molar-refractivity contribution is 0.731. The molecule has 0 radical (unpaired) electrons. The Morgan fingerprint density at radius 3 is 2.56 bits per heavy atom.